The van der Waals surface area contributed by atoms with Gasteiger partial charge in [0.25, 0.3) is 0 Å². The summed E-state index contributed by atoms with van der Waals surface area (Å²) in [6.45, 7) is 7.62. The summed E-state index contributed by atoms with van der Waals surface area (Å²) in [4.78, 5) is 0. The third-order valence-corrected chi connectivity index (χ3v) is 5.52. The maximum atomic E-state index is 6.10. The van der Waals surface area contributed by atoms with E-state index >= 15 is 0 Å². The molecule has 0 N–H and O–H groups in total. The monoisotopic (exact) mass is 410 g/mol. The number of rotatable bonds is 15. The van der Waals surface area contributed by atoms with Crippen molar-refractivity contribution in [2.75, 3.05) is 11.9 Å². The lowest BCUT2D eigenvalue weighted by molar-refractivity contribution is 0.0667. The topological polar surface area (TPSA) is 9.23 Å². The minimum atomic E-state index is 0.180. The third kappa shape index (κ3) is 10.4. The van der Waals surface area contributed by atoms with Crippen molar-refractivity contribution < 1.29 is 4.74 Å². The second-order valence-corrected chi connectivity index (χ2v) is 8.16. The summed E-state index contributed by atoms with van der Waals surface area (Å²) in [6.07, 6.45) is 13.9. The molecule has 0 saturated heterocycles. The molecule has 1 atom stereocenters. The molecule has 25 heavy (non-hydrogen) atoms. The normalized spacial score (nSPS) is 12.7. The average Bonchev–Trinajstić information content (AvgIpc) is 2.63. The maximum Gasteiger partial charge on any atom is 0.0921 e. The summed E-state index contributed by atoms with van der Waals surface area (Å²) in [7, 11) is 0. The number of halogens is 1. The van der Waals surface area contributed by atoms with Crippen molar-refractivity contribution in [3.8, 4) is 0 Å². The van der Waals surface area contributed by atoms with Crippen LogP contribution in [0.5, 0.6) is 0 Å². The molecular weight excluding hydrogens is 372 g/mol. The SMILES string of the molecule is CCCCCCCCCCCCOC(CBr)c1ccc(C(C)C)cc1. The molecule has 0 aromatic heterocycles. The van der Waals surface area contributed by atoms with Crippen LogP contribution in [-0.4, -0.2) is 11.9 Å². The lowest BCUT2D eigenvalue weighted by atomic mass is 10.0. The number of hydrogen-bond acceptors (Lipinski definition) is 1. The molecule has 0 heterocycles. The Hall–Kier alpha value is -0.340. The molecule has 1 aromatic rings. The highest BCUT2D eigenvalue weighted by Gasteiger charge is 2.10. The first-order chi connectivity index (χ1) is 12.2. The van der Waals surface area contributed by atoms with E-state index < -0.39 is 0 Å². The van der Waals surface area contributed by atoms with Crippen LogP contribution in [0.25, 0.3) is 0 Å². The second-order valence-electron chi connectivity index (χ2n) is 7.52. The fourth-order valence-corrected chi connectivity index (χ4v) is 3.70. The number of alkyl halides is 1. The molecule has 1 unspecified atom stereocenters. The Kier molecular flexibility index (Phi) is 13.4. The zero-order valence-electron chi connectivity index (χ0n) is 16.7. The predicted octanol–water partition coefficient (Wildman–Crippen LogP) is 8.18. The van der Waals surface area contributed by atoms with E-state index in [0.29, 0.717) is 5.92 Å². The standard InChI is InChI=1S/C23H39BrO/c1-4-5-6-7-8-9-10-11-12-13-18-25-23(19-24)22-16-14-21(15-17-22)20(2)3/h14-17,20,23H,4-13,18-19H2,1-3H3. The minimum Gasteiger partial charge on any atom is -0.373 e. The van der Waals surface area contributed by atoms with Crippen LogP contribution in [-0.2, 0) is 4.74 Å². The molecule has 1 aromatic carbocycles. The Morgan fingerprint density at radius 2 is 1.24 bits per heavy atom. The van der Waals surface area contributed by atoms with Crippen LogP contribution in [0.1, 0.15) is 108 Å². The van der Waals surface area contributed by atoms with Gasteiger partial charge in [-0.1, -0.05) is 119 Å². The molecule has 1 nitrogen and oxygen atoms in total. The lowest BCUT2D eigenvalue weighted by Crippen LogP contribution is -2.07. The molecule has 0 bridgehead atoms. The van der Waals surface area contributed by atoms with E-state index in [2.05, 4.69) is 61.0 Å². The van der Waals surface area contributed by atoms with Gasteiger partial charge in [0.15, 0.2) is 0 Å². The maximum absolute atomic E-state index is 6.10. The van der Waals surface area contributed by atoms with Crippen LogP contribution in [0.2, 0.25) is 0 Å². The van der Waals surface area contributed by atoms with Gasteiger partial charge < -0.3 is 4.74 Å². The van der Waals surface area contributed by atoms with Crippen molar-refractivity contribution in [2.24, 2.45) is 0 Å². The van der Waals surface area contributed by atoms with E-state index in [0.717, 1.165) is 11.9 Å². The van der Waals surface area contributed by atoms with Crippen LogP contribution in [0.3, 0.4) is 0 Å². The van der Waals surface area contributed by atoms with Gasteiger partial charge in [0.2, 0.25) is 0 Å². The lowest BCUT2D eigenvalue weighted by Gasteiger charge is -2.17. The Labute approximate surface area is 165 Å². The molecule has 0 aliphatic carbocycles. The number of benzene rings is 1. The number of hydrogen-bond donors (Lipinski definition) is 0. The summed E-state index contributed by atoms with van der Waals surface area (Å²) in [5.41, 5.74) is 2.68. The molecule has 1 rings (SSSR count). The van der Waals surface area contributed by atoms with Gasteiger partial charge in [-0.2, -0.15) is 0 Å². The molecule has 0 radical (unpaired) electrons. The Morgan fingerprint density at radius 1 is 0.760 bits per heavy atom. The fourth-order valence-electron chi connectivity index (χ4n) is 3.14. The summed E-state index contributed by atoms with van der Waals surface area (Å²) in [5.74, 6) is 0.587. The smallest absolute Gasteiger partial charge is 0.0921 e. The van der Waals surface area contributed by atoms with Gasteiger partial charge in [0.05, 0.1) is 6.10 Å². The van der Waals surface area contributed by atoms with Crippen molar-refractivity contribution in [2.45, 2.75) is 97.0 Å². The Balaban J connectivity index is 2.09. The van der Waals surface area contributed by atoms with E-state index in [-0.39, 0.29) is 6.10 Å². The zero-order valence-corrected chi connectivity index (χ0v) is 18.3. The fraction of sp³-hybridized carbons (Fsp3) is 0.739. The van der Waals surface area contributed by atoms with Crippen LogP contribution in [0.4, 0.5) is 0 Å². The molecule has 0 amide bonds. The summed E-state index contributed by atoms with van der Waals surface area (Å²) >= 11 is 3.60. The number of unbranched alkanes of at least 4 members (excludes halogenated alkanes) is 9. The number of ether oxygens (including phenoxy) is 1. The Bertz CT molecular complexity index is 413. The highest BCUT2D eigenvalue weighted by atomic mass is 79.9. The quantitative estimate of drug-likeness (QED) is 0.209. The average molecular weight is 411 g/mol. The van der Waals surface area contributed by atoms with E-state index in [4.69, 9.17) is 4.74 Å². The largest absolute Gasteiger partial charge is 0.373 e. The van der Waals surface area contributed by atoms with Crippen molar-refractivity contribution in [1.82, 2.24) is 0 Å². The summed E-state index contributed by atoms with van der Waals surface area (Å²) < 4.78 is 6.10. The molecule has 0 aliphatic rings. The first-order valence-corrected chi connectivity index (χ1v) is 11.6. The Morgan fingerprint density at radius 3 is 1.72 bits per heavy atom. The van der Waals surface area contributed by atoms with E-state index in [9.17, 15) is 0 Å². The van der Waals surface area contributed by atoms with Crippen molar-refractivity contribution in [3.05, 3.63) is 35.4 Å². The van der Waals surface area contributed by atoms with Gasteiger partial charge in [0, 0.05) is 11.9 Å². The van der Waals surface area contributed by atoms with Crippen LogP contribution < -0.4 is 0 Å². The van der Waals surface area contributed by atoms with Gasteiger partial charge in [-0.15, -0.1) is 0 Å². The molecule has 144 valence electrons. The van der Waals surface area contributed by atoms with Crippen LogP contribution in [0.15, 0.2) is 24.3 Å². The van der Waals surface area contributed by atoms with Crippen molar-refractivity contribution in [3.63, 3.8) is 0 Å². The van der Waals surface area contributed by atoms with Gasteiger partial charge in [-0.25, -0.2) is 0 Å². The van der Waals surface area contributed by atoms with Crippen LogP contribution >= 0.6 is 15.9 Å². The van der Waals surface area contributed by atoms with E-state index in [1.807, 2.05) is 0 Å². The second kappa shape index (κ2) is 14.8. The van der Waals surface area contributed by atoms with Gasteiger partial charge in [0.1, 0.15) is 0 Å². The molecule has 0 spiro atoms. The van der Waals surface area contributed by atoms with Gasteiger partial charge in [-0.05, 0) is 23.5 Å². The van der Waals surface area contributed by atoms with E-state index in [1.165, 1.54) is 75.3 Å². The molecule has 0 saturated carbocycles. The predicted molar refractivity (Wildman–Crippen MR) is 115 cm³/mol. The van der Waals surface area contributed by atoms with Crippen LogP contribution in [0, 0.1) is 0 Å². The highest BCUT2D eigenvalue weighted by Crippen LogP contribution is 2.23. The molecule has 0 fully saturated rings. The highest BCUT2D eigenvalue weighted by molar-refractivity contribution is 9.09. The third-order valence-electron chi connectivity index (χ3n) is 4.93. The molecule has 2 heteroatoms. The van der Waals surface area contributed by atoms with Gasteiger partial charge >= 0.3 is 0 Å². The minimum absolute atomic E-state index is 0.180. The zero-order chi connectivity index (χ0) is 18.3. The first-order valence-electron chi connectivity index (χ1n) is 10.5. The summed E-state index contributed by atoms with van der Waals surface area (Å²) in [5, 5.41) is 0.867. The van der Waals surface area contributed by atoms with Crippen molar-refractivity contribution >= 4 is 15.9 Å². The molecular formula is C23H39BrO. The molecule has 0 aliphatic heterocycles. The van der Waals surface area contributed by atoms with E-state index in [1.54, 1.807) is 0 Å². The summed E-state index contributed by atoms with van der Waals surface area (Å²) in [6, 6.07) is 8.92. The first kappa shape index (κ1) is 22.7. The van der Waals surface area contributed by atoms with Crippen molar-refractivity contribution in [1.29, 1.82) is 0 Å². The van der Waals surface area contributed by atoms with Gasteiger partial charge in [-0.3, -0.25) is 0 Å².